The highest BCUT2D eigenvalue weighted by Crippen LogP contribution is 2.48. The molecule has 0 aliphatic carbocycles. The Morgan fingerprint density at radius 1 is 1.07 bits per heavy atom. The topological polar surface area (TPSA) is 34.1 Å². The van der Waals surface area contributed by atoms with Crippen molar-refractivity contribution in [1.29, 1.82) is 0 Å². The molecule has 152 valence electrons. The molecule has 2 atom stereocenters. The molecule has 6 heteroatoms. The number of rotatable bonds is 4. The van der Waals surface area contributed by atoms with Crippen LogP contribution >= 0.6 is 27.7 Å². The van der Waals surface area contributed by atoms with Gasteiger partial charge in [-0.3, -0.25) is 0 Å². The lowest BCUT2D eigenvalue weighted by Crippen LogP contribution is -2.33. The predicted molar refractivity (Wildman–Crippen MR) is 124 cm³/mol. The third-order valence-corrected chi connectivity index (χ3v) is 6.81. The Hall–Kier alpha value is -2.44. The molecule has 0 saturated carbocycles. The molecule has 0 amide bonds. The Morgan fingerprint density at radius 3 is 2.53 bits per heavy atom. The second kappa shape index (κ2) is 8.00. The highest BCUT2D eigenvalue weighted by Gasteiger charge is 2.41. The van der Waals surface area contributed by atoms with Gasteiger partial charge in [-0.25, -0.2) is 5.01 Å². The molecule has 3 aromatic carbocycles. The zero-order valence-electron chi connectivity index (χ0n) is 16.7. The number of hydrogen-bond acceptors (Lipinski definition) is 5. The van der Waals surface area contributed by atoms with Crippen molar-refractivity contribution in [1.82, 2.24) is 5.01 Å². The van der Waals surface area contributed by atoms with Gasteiger partial charge in [-0.05, 0) is 66.4 Å². The van der Waals surface area contributed by atoms with Crippen LogP contribution in [0.2, 0.25) is 0 Å². The van der Waals surface area contributed by atoms with Gasteiger partial charge in [-0.15, -0.1) is 11.8 Å². The van der Waals surface area contributed by atoms with E-state index in [2.05, 4.69) is 69.7 Å². The molecule has 0 aromatic heterocycles. The van der Waals surface area contributed by atoms with Crippen molar-refractivity contribution in [3.05, 3.63) is 87.9 Å². The van der Waals surface area contributed by atoms with E-state index in [4.69, 9.17) is 14.6 Å². The Morgan fingerprint density at radius 2 is 1.83 bits per heavy atom. The fourth-order valence-electron chi connectivity index (χ4n) is 4.00. The van der Waals surface area contributed by atoms with E-state index >= 15 is 0 Å². The van der Waals surface area contributed by atoms with Gasteiger partial charge in [-0.2, -0.15) is 5.10 Å². The maximum atomic E-state index is 6.45. The first-order valence-electron chi connectivity index (χ1n) is 9.76. The highest BCUT2D eigenvalue weighted by atomic mass is 79.9. The summed E-state index contributed by atoms with van der Waals surface area (Å²) in [6.07, 6.45) is 2.66. The van der Waals surface area contributed by atoms with Crippen LogP contribution in [0.1, 0.15) is 35.4 Å². The van der Waals surface area contributed by atoms with Gasteiger partial charge >= 0.3 is 0 Å². The summed E-state index contributed by atoms with van der Waals surface area (Å²) >= 11 is 5.35. The third-order valence-electron chi connectivity index (χ3n) is 5.58. The maximum absolute atomic E-state index is 6.45. The Kier molecular flexibility index (Phi) is 5.21. The first-order valence-corrected chi connectivity index (χ1v) is 11.8. The summed E-state index contributed by atoms with van der Waals surface area (Å²) in [4.78, 5) is 1.24. The lowest BCUT2D eigenvalue weighted by molar-refractivity contribution is -0.0191. The molecule has 0 radical (unpaired) electrons. The van der Waals surface area contributed by atoms with Gasteiger partial charge in [0.25, 0.3) is 0 Å². The molecule has 5 rings (SSSR count). The molecule has 0 fully saturated rings. The SMILES string of the molecule is COc1ccc(C2=NN3[C@@H](C2)c2cc(Br)ccc2O[C@H]3c2ccc(SC)cc2)cc1. The Labute approximate surface area is 189 Å². The average molecular weight is 481 g/mol. The van der Waals surface area contributed by atoms with Crippen LogP contribution in [0.25, 0.3) is 0 Å². The number of hydrogen-bond donors (Lipinski definition) is 0. The number of thioether (sulfide) groups is 1. The lowest BCUT2D eigenvalue weighted by atomic mass is 9.96. The first kappa shape index (κ1) is 19.5. The summed E-state index contributed by atoms with van der Waals surface area (Å²) < 4.78 is 12.8. The van der Waals surface area contributed by atoms with Crippen LogP contribution in [0.15, 0.2) is 81.2 Å². The number of nitrogens with zero attached hydrogens (tertiary/aromatic N) is 2. The summed E-state index contributed by atoms with van der Waals surface area (Å²) in [5.74, 6) is 1.77. The monoisotopic (exact) mass is 480 g/mol. The molecular weight excluding hydrogens is 460 g/mol. The van der Waals surface area contributed by atoms with Gasteiger partial charge in [0.15, 0.2) is 0 Å². The van der Waals surface area contributed by atoms with Crippen molar-refractivity contribution in [3.8, 4) is 11.5 Å². The number of halogens is 1. The molecule has 0 spiro atoms. The molecule has 2 heterocycles. The Bertz CT molecular complexity index is 1100. The fraction of sp³-hybridized carbons (Fsp3) is 0.208. The second-order valence-electron chi connectivity index (χ2n) is 7.30. The highest BCUT2D eigenvalue weighted by molar-refractivity contribution is 9.10. The first-order chi connectivity index (χ1) is 14.7. The number of hydrazone groups is 1. The molecule has 2 aliphatic heterocycles. The van der Waals surface area contributed by atoms with Gasteiger partial charge in [0.2, 0.25) is 6.23 Å². The number of benzene rings is 3. The zero-order chi connectivity index (χ0) is 20.7. The van der Waals surface area contributed by atoms with Crippen molar-refractivity contribution in [2.24, 2.45) is 5.10 Å². The van der Waals surface area contributed by atoms with E-state index in [1.54, 1.807) is 18.9 Å². The predicted octanol–water partition coefficient (Wildman–Crippen LogP) is 6.42. The second-order valence-corrected chi connectivity index (χ2v) is 9.10. The average Bonchev–Trinajstić information content (AvgIpc) is 3.24. The van der Waals surface area contributed by atoms with E-state index in [9.17, 15) is 0 Å². The quantitative estimate of drug-likeness (QED) is 0.403. The maximum Gasteiger partial charge on any atom is 0.213 e. The molecule has 0 N–H and O–H groups in total. The number of fused-ring (bicyclic) bond motifs is 3. The molecule has 0 saturated heterocycles. The van der Waals surface area contributed by atoms with Crippen molar-refractivity contribution in [3.63, 3.8) is 0 Å². The summed E-state index contributed by atoms with van der Waals surface area (Å²) in [5, 5.41) is 7.14. The van der Waals surface area contributed by atoms with Crippen LogP contribution in [0.5, 0.6) is 11.5 Å². The molecule has 30 heavy (non-hydrogen) atoms. The normalized spacial score (nSPS) is 19.6. The summed E-state index contributed by atoms with van der Waals surface area (Å²) in [6, 6.07) is 23.0. The van der Waals surface area contributed by atoms with E-state index in [-0.39, 0.29) is 12.3 Å². The largest absolute Gasteiger partial charge is 0.497 e. The van der Waals surface area contributed by atoms with Gasteiger partial charge in [0, 0.05) is 26.9 Å². The molecule has 3 aromatic rings. The van der Waals surface area contributed by atoms with E-state index in [0.717, 1.165) is 44.8 Å². The summed E-state index contributed by atoms with van der Waals surface area (Å²) in [5.41, 5.74) is 4.43. The number of methoxy groups -OCH3 is 1. The van der Waals surface area contributed by atoms with Crippen LogP contribution < -0.4 is 9.47 Å². The zero-order valence-corrected chi connectivity index (χ0v) is 19.1. The van der Waals surface area contributed by atoms with Gasteiger partial charge in [0.05, 0.1) is 18.9 Å². The molecule has 0 unspecified atom stereocenters. The minimum atomic E-state index is -0.254. The van der Waals surface area contributed by atoms with Crippen molar-refractivity contribution < 1.29 is 9.47 Å². The minimum absolute atomic E-state index is 0.133. The van der Waals surface area contributed by atoms with E-state index < -0.39 is 0 Å². The lowest BCUT2D eigenvalue weighted by Gasteiger charge is -2.38. The van der Waals surface area contributed by atoms with Crippen LogP contribution in [0.4, 0.5) is 0 Å². The van der Waals surface area contributed by atoms with E-state index in [1.807, 2.05) is 24.3 Å². The van der Waals surface area contributed by atoms with Crippen LogP contribution in [0, 0.1) is 0 Å². The third kappa shape index (κ3) is 3.48. The smallest absolute Gasteiger partial charge is 0.213 e. The van der Waals surface area contributed by atoms with Crippen molar-refractivity contribution >= 4 is 33.4 Å². The Balaban J connectivity index is 1.56. The van der Waals surface area contributed by atoms with Crippen LogP contribution in [-0.4, -0.2) is 24.1 Å². The van der Waals surface area contributed by atoms with Gasteiger partial charge in [-0.1, -0.05) is 28.1 Å². The summed E-state index contributed by atoms with van der Waals surface area (Å²) in [6.45, 7) is 0. The molecule has 0 bridgehead atoms. The van der Waals surface area contributed by atoms with Crippen LogP contribution in [-0.2, 0) is 0 Å². The van der Waals surface area contributed by atoms with Gasteiger partial charge in [0.1, 0.15) is 11.5 Å². The van der Waals surface area contributed by atoms with E-state index in [0.29, 0.717) is 0 Å². The van der Waals surface area contributed by atoms with E-state index in [1.165, 1.54) is 4.90 Å². The molecule has 2 aliphatic rings. The molecular formula is C24H21BrN2O2S. The summed E-state index contributed by atoms with van der Waals surface area (Å²) in [7, 11) is 1.68. The molecule has 4 nitrogen and oxygen atoms in total. The van der Waals surface area contributed by atoms with Crippen LogP contribution in [0.3, 0.4) is 0 Å². The van der Waals surface area contributed by atoms with Gasteiger partial charge < -0.3 is 9.47 Å². The fourth-order valence-corrected chi connectivity index (χ4v) is 4.79. The van der Waals surface area contributed by atoms with Crippen molar-refractivity contribution in [2.75, 3.05) is 13.4 Å². The van der Waals surface area contributed by atoms with Crippen molar-refractivity contribution in [2.45, 2.75) is 23.6 Å². The minimum Gasteiger partial charge on any atom is -0.497 e. The standard InChI is InChI=1S/C24H21BrN2O2S/c1-28-18-8-3-15(4-9-18)21-14-22-20-13-17(25)7-12-23(20)29-24(27(22)26-21)16-5-10-19(30-2)11-6-16/h3-13,22,24H,14H2,1-2H3/t22-,24-/m0/s1. The number of ether oxygens (including phenoxy) is 2.